The number of hydrogen-bond acceptors (Lipinski definition) is 4. The third-order valence-electron chi connectivity index (χ3n) is 2.93. The van der Waals surface area contributed by atoms with E-state index in [1.54, 1.807) is 18.3 Å². The molecule has 0 saturated heterocycles. The first-order valence-corrected chi connectivity index (χ1v) is 6.94. The van der Waals surface area contributed by atoms with Gasteiger partial charge in [-0.05, 0) is 34.6 Å². The Bertz CT molecular complexity index is 627. The largest absolute Gasteiger partial charge is 0.395 e. The molecule has 0 atom stereocenters. The van der Waals surface area contributed by atoms with Crippen LogP contribution in [0.25, 0.3) is 5.65 Å². The summed E-state index contributed by atoms with van der Waals surface area (Å²) in [6.07, 6.45) is 1.71. The van der Waals surface area contributed by atoms with Crippen LogP contribution in [-0.2, 0) is 6.54 Å². The van der Waals surface area contributed by atoms with Crippen LogP contribution in [0.5, 0.6) is 0 Å². The maximum atomic E-state index is 12.0. The van der Waals surface area contributed by atoms with E-state index in [-0.39, 0.29) is 12.2 Å². The number of aliphatic hydroxyl groups excluding tert-OH is 1. The van der Waals surface area contributed by atoms with Crippen molar-refractivity contribution < 1.29 is 5.11 Å². The highest BCUT2D eigenvalue weighted by Crippen LogP contribution is 2.10. The Morgan fingerprint density at radius 3 is 2.95 bits per heavy atom. The van der Waals surface area contributed by atoms with E-state index >= 15 is 0 Å². The predicted octanol–water partition coefficient (Wildman–Crippen LogP) is 1.27. The van der Waals surface area contributed by atoms with E-state index in [9.17, 15) is 4.79 Å². The van der Waals surface area contributed by atoms with Crippen LogP contribution in [-0.4, -0.2) is 39.1 Å². The zero-order valence-electron chi connectivity index (χ0n) is 10.7. The van der Waals surface area contributed by atoms with Gasteiger partial charge >= 0.3 is 0 Å². The first-order valence-electron chi connectivity index (χ1n) is 6.15. The lowest BCUT2D eigenvalue weighted by Gasteiger charge is -2.18. The summed E-state index contributed by atoms with van der Waals surface area (Å²) in [6, 6.07) is 5.20. The summed E-state index contributed by atoms with van der Waals surface area (Å²) in [7, 11) is 0. The van der Waals surface area contributed by atoms with Crippen molar-refractivity contribution in [3.05, 3.63) is 44.9 Å². The van der Waals surface area contributed by atoms with Gasteiger partial charge in [-0.2, -0.15) is 0 Å². The van der Waals surface area contributed by atoms with Gasteiger partial charge in [0.2, 0.25) is 0 Å². The number of hydrogen-bond donors (Lipinski definition) is 1. The Balaban J connectivity index is 2.35. The lowest BCUT2D eigenvalue weighted by molar-refractivity contribution is 0.195. The fourth-order valence-corrected chi connectivity index (χ4v) is 2.26. The molecule has 0 bridgehead atoms. The molecule has 0 saturated carbocycles. The summed E-state index contributed by atoms with van der Waals surface area (Å²) in [5.74, 6) is 0. The van der Waals surface area contributed by atoms with Gasteiger partial charge in [-0.3, -0.25) is 14.1 Å². The van der Waals surface area contributed by atoms with Crippen LogP contribution in [0, 0.1) is 0 Å². The van der Waals surface area contributed by atoms with E-state index in [1.165, 1.54) is 4.40 Å². The molecule has 6 heteroatoms. The normalized spacial score (nSPS) is 11.4. The molecule has 0 amide bonds. The van der Waals surface area contributed by atoms with E-state index < -0.39 is 0 Å². The van der Waals surface area contributed by atoms with Gasteiger partial charge in [0.25, 0.3) is 5.56 Å². The Morgan fingerprint density at radius 1 is 1.47 bits per heavy atom. The molecule has 0 unspecified atom stereocenters. The van der Waals surface area contributed by atoms with Gasteiger partial charge in [0.1, 0.15) is 5.65 Å². The molecule has 2 aromatic heterocycles. The Hall–Kier alpha value is -1.24. The van der Waals surface area contributed by atoms with Crippen molar-refractivity contribution in [3.63, 3.8) is 0 Å². The molecule has 2 aromatic rings. The van der Waals surface area contributed by atoms with Gasteiger partial charge in [0, 0.05) is 29.8 Å². The number of likely N-dealkylation sites (N-methyl/N-ethyl adjacent to an activating group) is 1. The van der Waals surface area contributed by atoms with Crippen molar-refractivity contribution in [2.45, 2.75) is 13.5 Å². The van der Waals surface area contributed by atoms with E-state index in [0.717, 1.165) is 16.7 Å². The smallest absolute Gasteiger partial charge is 0.258 e. The summed E-state index contributed by atoms with van der Waals surface area (Å²) in [4.78, 5) is 18.5. The van der Waals surface area contributed by atoms with Crippen LogP contribution < -0.4 is 5.56 Å². The maximum Gasteiger partial charge on any atom is 0.258 e. The molecular formula is C13H16BrN3O2. The quantitative estimate of drug-likeness (QED) is 0.899. The van der Waals surface area contributed by atoms with Crippen LogP contribution in [0.15, 0.2) is 33.7 Å². The van der Waals surface area contributed by atoms with E-state index in [4.69, 9.17) is 5.11 Å². The fraction of sp³-hybridized carbons (Fsp3) is 0.385. The first kappa shape index (κ1) is 14.2. The second-order valence-electron chi connectivity index (χ2n) is 4.25. The highest BCUT2D eigenvalue weighted by Gasteiger charge is 2.07. The third kappa shape index (κ3) is 3.40. The molecule has 0 fully saturated rings. The summed E-state index contributed by atoms with van der Waals surface area (Å²) in [5.41, 5.74) is 1.26. The van der Waals surface area contributed by atoms with Crippen molar-refractivity contribution in [1.29, 1.82) is 0 Å². The number of pyridine rings is 1. The van der Waals surface area contributed by atoms with Crippen LogP contribution in [0.2, 0.25) is 0 Å². The molecule has 0 spiro atoms. The first-order chi connectivity index (χ1) is 9.13. The Labute approximate surface area is 119 Å². The highest BCUT2D eigenvalue weighted by atomic mass is 79.9. The molecule has 0 aliphatic rings. The minimum atomic E-state index is -0.0960. The monoisotopic (exact) mass is 325 g/mol. The number of aliphatic hydroxyl groups is 1. The van der Waals surface area contributed by atoms with Crippen LogP contribution in [0.1, 0.15) is 12.6 Å². The van der Waals surface area contributed by atoms with Crippen molar-refractivity contribution in [1.82, 2.24) is 14.3 Å². The van der Waals surface area contributed by atoms with E-state index in [2.05, 4.69) is 20.9 Å². The second kappa shape index (κ2) is 6.27. The molecule has 102 valence electrons. The fourth-order valence-electron chi connectivity index (χ4n) is 1.93. The lowest BCUT2D eigenvalue weighted by atomic mass is 10.3. The SMILES string of the molecule is CCN(CCO)Cc1cc(=O)n2cc(Br)ccc2n1. The van der Waals surface area contributed by atoms with Crippen LogP contribution in [0.3, 0.4) is 0 Å². The average molecular weight is 326 g/mol. The average Bonchev–Trinajstić information content (AvgIpc) is 2.39. The Kier molecular flexibility index (Phi) is 4.68. The molecule has 1 N–H and O–H groups in total. The van der Waals surface area contributed by atoms with Gasteiger partial charge in [-0.15, -0.1) is 0 Å². The summed E-state index contributed by atoms with van der Waals surface area (Å²) < 4.78 is 2.35. The molecule has 2 rings (SSSR count). The maximum absolute atomic E-state index is 12.0. The third-order valence-corrected chi connectivity index (χ3v) is 3.39. The van der Waals surface area contributed by atoms with Gasteiger partial charge in [-0.25, -0.2) is 4.98 Å². The van der Waals surface area contributed by atoms with Crippen LogP contribution >= 0.6 is 15.9 Å². The molecule has 2 heterocycles. The molecule has 5 nitrogen and oxygen atoms in total. The van der Waals surface area contributed by atoms with Crippen molar-refractivity contribution in [2.75, 3.05) is 19.7 Å². The Morgan fingerprint density at radius 2 is 2.26 bits per heavy atom. The number of rotatable bonds is 5. The summed E-state index contributed by atoms with van der Waals surface area (Å²) in [6.45, 7) is 4.08. The van der Waals surface area contributed by atoms with Gasteiger partial charge in [0.05, 0.1) is 12.3 Å². The van der Waals surface area contributed by atoms with Gasteiger partial charge in [-0.1, -0.05) is 6.92 Å². The molecule has 0 aliphatic carbocycles. The number of aromatic nitrogens is 2. The summed E-state index contributed by atoms with van der Waals surface area (Å²) >= 11 is 3.33. The molecule has 0 aliphatic heterocycles. The molecule has 19 heavy (non-hydrogen) atoms. The molecule has 0 radical (unpaired) electrons. The molecular weight excluding hydrogens is 310 g/mol. The summed E-state index contributed by atoms with van der Waals surface area (Å²) in [5, 5.41) is 8.97. The number of fused-ring (bicyclic) bond motifs is 1. The van der Waals surface area contributed by atoms with E-state index in [0.29, 0.717) is 18.7 Å². The van der Waals surface area contributed by atoms with Crippen molar-refractivity contribution in [3.8, 4) is 0 Å². The van der Waals surface area contributed by atoms with Gasteiger partial charge < -0.3 is 5.11 Å². The lowest BCUT2D eigenvalue weighted by Crippen LogP contribution is -2.28. The van der Waals surface area contributed by atoms with Crippen molar-refractivity contribution in [2.24, 2.45) is 0 Å². The zero-order valence-corrected chi connectivity index (χ0v) is 12.3. The number of halogens is 1. The zero-order chi connectivity index (χ0) is 13.8. The predicted molar refractivity (Wildman–Crippen MR) is 77.2 cm³/mol. The topological polar surface area (TPSA) is 57.8 Å². The van der Waals surface area contributed by atoms with Crippen LogP contribution in [0.4, 0.5) is 0 Å². The number of nitrogens with zero attached hydrogens (tertiary/aromatic N) is 3. The van der Waals surface area contributed by atoms with E-state index in [1.807, 2.05) is 17.9 Å². The second-order valence-corrected chi connectivity index (χ2v) is 5.17. The minimum Gasteiger partial charge on any atom is -0.395 e. The van der Waals surface area contributed by atoms with Gasteiger partial charge in [0.15, 0.2) is 0 Å². The molecule has 0 aromatic carbocycles. The standard InChI is InChI=1S/C13H16BrN3O2/c1-2-16(5-6-18)9-11-7-13(19)17-8-10(14)3-4-12(17)15-11/h3-4,7-8,18H,2,5-6,9H2,1H3. The minimum absolute atomic E-state index is 0.0960. The highest BCUT2D eigenvalue weighted by molar-refractivity contribution is 9.10. The van der Waals surface area contributed by atoms with Crippen molar-refractivity contribution >= 4 is 21.6 Å².